The first-order valence-electron chi connectivity index (χ1n) is 9.58. The Kier molecular flexibility index (Phi) is 7.97. The first-order chi connectivity index (χ1) is 15.8. The first-order valence-corrected chi connectivity index (χ1v) is 11.1. The summed E-state index contributed by atoms with van der Waals surface area (Å²) in [6.07, 6.45) is 1.35. The fourth-order valence-corrected chi connectivity index (χ4v) is 4.00. The highest BCUT2D eigenvalue weighted by molar-refractivity contribution is 14.1. The molecule has 0 saturated carbocycles. The van der Waals surface area contributed by atoms with Crippen LogP contribution in [0.4, 0.5) is 10.1 Å². The summed E-state index contributed by atoms with van der Waals surface area (Å²) in [5.41, 5.74) is 0.135. The Labute approximate surface area is 207 Å². The molecule has 0 radical (unpaired) electrons. The number of methoxy groups -OCH3 is 1. The van der Waals surface area contributed by atoms with E-state index in [0.29, 0.717) is 27.2 Å². The minimum atomic E-state index is -0.771. The van der Waals surface area contributed by atoms with Crippen molar-refractivity contribution < 1.29 is 33.0 Å². The lowest BCUT2D eigenvalue weighted by molar-refractivity contribution is -0.143. The number of esters is 1. The lowest BCUT2D eigenvalue weighted by atomic mass is 10.1. The van der Waals surface area contributed by atoms with E-state index in [9.17, 15) is 18.8 Å². The number of halogens is 2. The summed E-state index contributed by atoms with van der Waals surface area (Å²) in [5, 5.41) is 2.20. The standard InChI is InChI=1S/C22H18FIN2O6S/c1-3-31-17-10-12(9-15(24)19(17)32-11-18(27)30-2)8-13-20(28)25-22(33)26(21(13)29)16-7-5-4-6-14(16)23/h4-10H,3,11H2,1-2H3,(H,25,28,33)/b13-8+. The Morgan fingerprint density at radius 2 is 1.97 bits per heavy atom. The molecule has 1 aliphatic rings. The van der Waals surface area contributed by atoms with E-state index in [1.165, 1.54) is 31.4 Å². The highest BCUT2D eigenvalue weighted by Crippen LogP contribution is 2.35. The van der Waals surface area contributed by atoms with Crippen molar-refractivity contribution in [3.63, 3.8) is 0 Å². The van der Waals surface area contributed by atoms with Crippen molar-refractivity contribution in [3.05, 3.63) is 56.9 Å². The highest BCUT2D eigenvalue weighted by Gasteiger charge is 2.35. The molecular formula is C22H18FIN2O6S. The predicted octanol–water partition coefficient (Wildman–Crippen LogP) is 3.21. The van der Waals surface area contributed by atoms with Gasteiger partial charge in [-0.1, -0.05) is 12.1 Å². The zero-order valence-corrected chi connectivity index (χ0v) is 20.5. The molecule has 0 atom stereocenters. The van der Waals surface area contributed by atoms with Gasteiger partial charge >= 0.3 is 5.97 Å². The van der Waals surface area contributed by atoms with Crippen LogP contribution in [0.1, 0.15) is 12.5 Å². The van der Waals surface area contributed by atoms with Gasteiger partial charge < -0.3 is 14.2 Å². The van der Waals surface area contributed by atoms with Crippen LogP contribution in [0.25, 0.3) is 6.08 Å². The largest absolute Gasteiger partial charge is 0.490 e. The average molecular weight is 584 g/mol. The van der Waals surface area contributed by atoms with Crippen LogP contribution in [0.15, 0.2) is 42.0 Å². The van der Waals surface area contributed by atoms with Gasteiger partial charge in [0, 0.05) is 0 Å². The van der Waals surface area contributed by atoms with Crippen LogP contribution in [0.3, 0.4) is 0 Å². The molecule has 2 amide bonds. The monoisotopic (exact) mass is 584 g/mol. The summed E-state index contributed by atoms with van der Waals surface area (Å²) >= 11 is 7.08. The molecule has 0 bridgehead atoms. The van der Waals surface area contributed by atoms with Crippen molar-refractivity contribution >= 4 is 69.5 Å². The number of ether oxygens (including phenoxy) is 3. The lowest BCUT2D eigenvalue weighted by Crippen LogP contribution is -2.54. The second-order valence-corrected chi connectivity index (χ2v) is 8.09. The maximum Gasteiger partial charge on any atom is 0.343 e. The third kappa shape index (κ3) is 5.47. The SMILES string of the molecule is CCOc1cc(/C=C2\C(=O)NC(=S)N(c3ccccc3F)C2=O)cc(I)c1OCC(=O)OC. The summed E-state index contributed by atoms with van der Waals surface area (Å²) in [6.45, 7) is 1.76. The van der Waals surface area contributed by atoms with E-state index in [4.69, 9.17) is 21.7 Å². The Hall–Kier alpha value is -3.06. The van der Waals surface area contributed by atoms with Crippen molar-refractivity contribution in [3.8, 4) is 11.5 Å². The van der Waals surface area contributed by atoms with Gasteiger partial charge in [0.1, 0.15) is 11.4 Å². The van der Waals surface area contributed by atoms with E-state index in [1.807, 2.05) is 22.6 Å². The first kappa shape index (κ1) is 24.6. The van der Waals surface area contributed by atoms with Crippen molar-refractivity contribution in [2.24, 2.45) is 0 Å². The maximum absolute atomic E-state index is 14.3. The molecular weight excluding hydrogens is 566 g/mol. The van der Waals surface area contributed by atoms with Gasteiger partial charge in [-0.15, -0.1) is 0 Å². The smallest absolute Gasteiger partial charge is 0.343 e. The fraction of sp³-hybridized carbons (Fsp3) is 0.182. The number of para-hydroxylation sites is 1. The normalized spacial score (nSPS) is 14.8. The number of anilines is 1. The minimum Gasteiger partial charge on any atom is -0.490 e. The van der Waals surface area contributed by atoms with Gasteiger partial charge in [-0.3, -0.25) is 14.9 Å². The van der Waals surface area contributed by atoms with Crippen molar-refractivity contribution in [1.82, 2.24) is 5.32 Å². The van der Waals surface area contributed by atoms with Crippen LogP contribution in [-0.4, -0.2) is 43.2 Å². The highest BCUT2D eigenvalue weighted by atomic mass is 127. The molecule has 0 unspecified atom stereocenters. The van der Waals surface area contributed by atoms with Crippen LogP contribution >= 0.6 is 34.8 Å². The summed E-state index contributed by atoms with van der Waals surface area (Å²) in [7, 11) is 1.25. The zero-order valence-electron chi connectivity index (χ0n) is 17.5. The van der Waals surface area contributed by atoms with E-state index in [0.717, 1.165) is 4.90 Å². The number of nitrogens with one attached hydrogen (secondary N) is 1. The van der Waals surface area contributed by atoms with Crippen molar-refractivity contribution in [2.45, 2.75) is 6.92 Å². The molecule has 8 nitrogen and oxygen atoms in total. The number of amides is 2. The van der Waals surface area contributed by atoms with E-state index in [1.54, 1.807) is 25.1 Å². The van der Waals surface area contributed by atoms with Gasteiger partial charge in [0.15, 0.2) is 23.2 Å². The predicted molar refractivity (Wildman–Crippen MR) is 130 cm³/mol. The molecule has 11 heteroatoms. The number of hydrogen-bond donors (Lipinski definition) is 1. The Balaban J connectivity index is 2.00. The number of rotatable bonds is 7. The molecule has 1 N–H and O–H groups in total. The zero-order chi connectivity index (χ0) is 24.1. The van der Waals surface area contributed by atoms with Crippen LogP contribution in [0.2, 0.25) is 0 Å². The minimum absolute atomic E-state index is 0.0745. The number of carbonyl (C=O) groups is 3. The van der Waals surface area contributed by atoms with Gasteiger partial charge in [0.25, 0.3) is 11.8 Å². The quantitative estimate of drug-likeness (QED) is 0.176. The summed E-state index contributed by atoms with van der Waals surface area (Å²) in [5.74, 6) is -2.08. The maximum atomic E-state index is 14.3. The number of thiocarbonyl (C=S) groups is 1. The average Bonchev–Trinajstić information content (AvgIpc) is 2.77. The van der Waals surface area contributed by atoms with Crippen LogP contribution in [0.5, 0.6) is 11.5 Å². The third-order valence-corrected chi connectivity index (χ3v) is 5.49. The molecule has 1 fully saturated rings. The summed E-state index contributed by atoms with van der Waals surface area (Å²) in [4.78, 5) is 38.0. The van der Waals surface area contributed by atoms with Gasteiger partial charge in [-0.25, -0.2) is 14.1 Å². The molecule has 0 aliphatic carbocycles. The number of carbonyl (C=O) groups excluding carboxylic acids is 3. The Bertz CT molecular complexity index is 1170. The summed E-state index contributed by atoms with van der Waals surface area (Å²) < 4.78 is 30.6. The van der Waals surface area contributed by atoms with Crippen molar-refractivity contribution in [1.29, 1.82) is 0 Å². The van der Waals surface area contributed by atoms with E-state index in [2.05, 4.69) is 10.1 Å². The van der Waals surface area contributed by atoms with Gasteiger partial charge in [0.2, 0.25) is 0 Å². The van der Waals surface area contributed by atoms with Crippen LogP contribution in [-0.2, 0) is 19.1 Å². The Morgan fingerprint density at radius 1 is 1.24 bits per heavy atom. The second-order valence-electron chi connectivity index (χ2n) is 6.54. The third-order valence-electron chi connectivity index (χ3n) is 4.40. The van der Waals surface area contributed by atoms with Crippen molar-refractivity contribution in [2.75, 3.05) is 25.2 Å². The molecule has 1 heterocycles. The molecule has 172 valence electrons. The molecule has 1 aliphatic heterocycles. The van der Waals surface area contributed by atoms with E-state index >= 15 is 0 Å². The second kappa shape index (κ2) is 10.7. The van der Waals surface area contributed by atoms with Crippen LogP contribution in [0, 0.1) is 9.39 Å². The molecule has 3 rings (SSSR count). The molecule has 2 aromatic carbocycles. The molecule has 1 saturated heterocycles. The molecule has 0 spiro atoms. The summed E-state index contributed by atoms with van der Waals surface area (Å²) in [6, 6.07) is 8.81. The molecule has 0 aromatic heterocycles. The lowest BCUT2D eigenvalue weighted by Gasteiger charge is -2.29. The Morgan fingerprint density at radius 3 is 2.64 bits per heavy atom. The van der Waals surface area contributed by atoms with Crippen LogP contribution < -0.4 is 19.7 Å². The molecule has 33 heavy (non-hydrogen) atoms. The van der Waals surface area contributed by atoms with Gasteiger partial charge in [-0.2, -0.15) is 0 Å². The molecule has 2 aromatic rings. The van der Waals surface area contributed by atoms with E-state index in [-0.39, 0.29) is 23.0 Å². The van der Waals surface area contributed by atoms with E-state index < -0.39 is 23.6 Å². The number of benzene rings is 2. The number of hydrogen-bond acceptors (Lipinski definition) is 7. The topological polar surface area (TPSA) is 94.2 Å². The number of nitrogens with zero attached hydrogens (tertiary/aromatic N) is 1. The van der Waals surface area contributed by atoms with Gasteiger partial charge in [0.05, 0.1) is 23.0 Å². The van der Waals surface area contributed by atoms with Gasteiger partial charge in [-0.05, 0) is 77.6 Å². The fourth-order valence-electron chi connectivity index (χ4n) is 2.94.